The molecule has 0 unspecified atom stereocenters. The molecule has 0 atom stereocenters. The molecule has 22 heavy (non-hydrogen) atoms. The molecule has 4 rings (SSSR count). The van der Waals surface area contributed by atoms with Gasteiger partial charge in [-0.15, -0.1) is 0 Å². The average Bonchev–Trinajstić information content (AvgIpc) is 3.33. The maximum Gasteiger partial charge on any atom is 0.138 e. The first-order chi connectivity index (χ1) is 10.8. The molecule has 0 saturated heterocycles. The summed E-state index contributed by atoms with van der Waals surface area (Å²) in [6, 6.07) is 10.2. The van der Waals surface area contributed by atoms with Crippen LogP contribution in [-0.4, -0.2) is 17.0 Å². The van der Waals surface area contributed by atoms with Gasteiger partial charge in [0.2, 0.25) is 0 Å². The number of rotatable bonds is 4. The van der Waals surface area contributed by atoms with E-state index in [1.165, 1.54) is 18.5 Å². The van der Waals surface area contributed by atoms with E-state index in [-0.39, 0.29) is 0 Å². The highest BCUT2D eigenvalue weighted by Crippen LogP contribution is 2.40. The van der Waals surface area contributed by atoms with Crippen LogP contribution in [0.15, 0.2) is 41.6 Å². The second-order valence-corrected chi connectivity index (χ2v) is 5.70. The Morgan fingerprint density at radius 3 is 2.86 bits per heavy atom. The maximum absolute atomic E-state index is 7.20. The fourth-order valence-corrected chi connectivity index (χ4v) is 2.87. The highest BCUT2D eigenvalue weighted by molar-refractivity contribution is 5.95. The van der Waals surface area contributed by atoms with Crippen molar-refractivity contribution in [1.29, 1.82) is 5.53 Å². The van der Waals surface area contributed by atoms with E-state index >= 15 is 0 Å². The van der Waals surface area contributed by atoms with E-state index < -0.39 is 0 Å². The standard InChI is InChI=1S/C17H17N5/c1-19-16-8-11(4-6-15(16)22-18)13-9-20-17-12(13)5-7-14(21-17)10-2-3-10/h4-10,18-19H,2-3H2,1H3,(H,20,21). The van der Waals surface area contributed by atoms with Crippen LogP contribution in [0.1, 0.15) is 24.5 Å². The van der Waals surface area contributed by atoms with Crippen LogP contribution >= 0.6 is 0 Å². The SMILES string of the molecule is CNc1cc(-c2c[nH]c3nc(C4CC4)ccc23)ccc1N=N. The number of aromatic nitrogens is 2. The molecule has 1 fully saturated rings. The summed E-state index contributed by atoms with van der Waals surface area (Å²) in [7, 11) is 1.84. The molecular formula is C17H17N5. The predicted octanol–water partition coefficient (Wildman–Crippen LogP) is 4.81. The van der Waals surface area contributed by atoms with Crippen molar-refractivity contribution in [2.45, 2.75) is 18.8 Å². The smallest absolute Gasteiger partial charge is 0.138 e. The Morgan fingerprint density at radius 2 is 2.14 bits per heavy atom. The third kappa shape index (κ3) is 2.06. The molecule has 1 saturated carbocycles. The zero-order chi connectivity index (χ0) is 15.1. The lowest BCUT2D eigenvalue weighted by molar-refractivity contribution is 1.04. The van der Waals surface area contributed by atoms with Crippen molar-refractivity contribution in [2.75, 3.05) is 12.4 Å². The first-order valence-electron chi connectivity index (χ1n) is 7.48. The summed E-state index contributed by atoms with van der Waals surface area (Å²) in [6.45, 7) is 0. The minimum atomic E-state index is 0.639. The molecule has 1 aliphatic carbocycles. The van der Waals surface area contributed by atoms with E-state index in [2.05, 4.69) is 27.5 Å². The fourth-order valence-electron chi connectivity index (χ4n) is 2.87. The summed E-state index contributed by atoms with van der Waals surface area (Å²) >= 11 is 0. The second-order valence-electron chi connectivity index (χ2n) is 5.70. The van der Waals surface area contributed by atoms with Gasteiger partial charge in [0.1, 0.15) is 11.3 Å². The third-order valence-corrected chi connectivity index (χ3v) is 4.25. The largest absolute Gasteiger partial charge is 0.386 e. The molecular weight excluding hydrogens is 274 g/mol. The first kappa shape index (κ1) is 13.0. The molecule has 1 aliphatic rings. The fraction of sp³-hybridized carbons (Fsp3) is 0.235. The van der Waals surface area contributed by atoms with Gasteiger partial charge in [0.15, 0.2) is 0 Å². The van der Waals surface area contributed by atoms with Gasteiger partial charge in [-0.25, -0.2) is 10.5 Å². The Morgan fingerprint density at radius 1 is 1.27 bits per heavy atom. The molecule has 0 radical (unpaired) electrons. The summed E-state index contributed by atoms with van der Waals surface area (Å²) in [5.74, 6) is 0.657. The lowest BCUT2D eigenvalue weighted by Gasteiger charge is -2.07. The highest BCUT2D eigenvalue weighted by atomic mass is 15.0. The van der Waals surface area contributed by atoms with Crippen molar-refractivity contribution in [3.8, 4) is 11.1 Å². The second kappa shape index (κ2) is 4.94. The summed E-state index contributed by atoms with van der Waals surface area (Å²) < 4.78 is 0. The molecule has 0 bridgehead atoms. The minimum absolute atomic E-state index is 0.639. The number of hydrogen-bond donors (Lipinski definition) is 3. The number of fused-ring (bicyclic) bond motifs is 1. The molecule has 0 amide bonds. The summed E-state index contributed by atoms with van der Waals surface area (Å²) in [5, 5.41) is 7.75. The van der Waals surface area contributed by atoms with Crippen LogP contribution in [0.2, 0.25) is 0 Å². The zero-order valence-electron chi connectivity index (χ0n) is 12.4. The number of H-pyrrole nitrogens is 1. The first-order valence-corrected chi connectivity index (χ1v) is 7.48. The van der Waals surface area contributed by atoms with E-state index in [4.69, 9.17) is 10.5 Å². The van der Waals surface area contributed by atoms with Gasteiger partial charge in [0.05, 0.1) is 5.69 Å². The van der Waals surface area contributed by atoms with Crippen molar-refractivity contribution in [3.05, 3.63) is 42.2 Å². The Hall–Kier alpha value is -2.69. The number of nitrogens with one attached hydrogen (secondary N) is 3. The van der Waals surface area contributed by atoms with E-state index in [0.29, 0.717) is 11.6 Å². The number of aromatic amines is 1. The van der Waals surface area contributed by atoms with Crippen LogP contribution in [0.3, 0.4) is 0 Å². The molecule has 0 aliphatic heterocycles. The van der Waals surface area contributed by atoms with Crippen molar-refractivity contribution < 1.29 is 0 Å². The van der Waals surface area contributed by atoms with E-state index in [1.54, 1.807) is 0 Å². The summed E-state index contributed by atoms with van der Waals surface area (Å²) in [6.07, 6.45) is 4.52. The quantitative estimate of drug-likeness (QED) is 0.603. The lowest BCUT2D eigenvalue weighted by Crippen LogP contribution is -1.89. The molecule has 3 aromatic rings. The molecule has 0 spiro atoms. The molecule has 1 aromatic carbocycles. The van der Waals surface area contributed by atoms with Crippen molar-refractivity contribution in [2.24, 2.45) is 5.11 Å². The summed E-state index contributed by atoms with van der Waals surface area (Å²) in [4.78, 5) is 8.02. The molecule has 2 aromatic heterocycles. The molecule has 5 nitrogen and oxygen atoms in total. The van der Waals surface area contributed by atoms with E-state index in [1.807, 2.05) is 31.4 Å². The summed E-state index contributed by atoms with van der Waals surface area (Å²) in [5.41, 5.74) is 13.0. The van der Waals surface area contributed by atoms with Gasteiger partial charge in [-0.2, -0.15) is 5.11 Å². The van der Waals surface area contributed by atoms with Gasteiger partial charge in [-0.1, -0.05) is 6.07 Å². The van der Waals surface area contributed by atoms with Gasteiger partial charge in [-0.05, 0) is 42.7 Å². The van der Waals surface area contributed by atoms with Crippen LogP contribution in [0.25, 0.3) is 22.2 Å². The van der Waals surface area contributed by atoms with Gasteiger partial charge in [0.25, 0.3) is 0 Å². The lowest BCUT2D eigenvalue weighted by atomic mass is 10.0. The molecule has 110 valence electrons. The number of nitrogens with zero attached hydrogens (tertiary/aromatic N) is 2. The highest BCUT2D eigenvalue weighted by Gasteiger charge is 2.25. The Kier molecular flexibility index (Phi) is 2.92. The molecule has 2 heterocycles. The third-order valence-electron chi connectivity index (χ3n) is 4.25. The Labute approximate surface area is 128 Å². The van der Waals surface area contributed by atoms with Gasteiger partial charge < -0.3 is 10.3 Å². The van der Waals surface area contributed by atoms with Crippen LogP contribution in [0.5, 0.6) is 0 Å². The van der Waals surface area contributed by atoms with Crippen molar-refractivity contribution in [3.63, 3.8) is 0 Å². The predicted molar refractivity (Wildman–Crippen MR) is 87.9 cm³/mol. The monoisotopic (exact) mass is 291 g/mol. The van der Waals surface area contributed by atoms with Crippen LogP contribution in [0, 0.1) is 5.53 Å². The van der Waals surface area contributed by atoms with Crippen LogP contribution < -0.4 is 5.32 Å². The van der Waals surface area contributed by atoms with Crippen LogP contribution in [-0.2, 0) is 0 Å². The van der Waals surface area contributed by atoms with Gasteiger partial charge in [0, 0.05) is 35.8 Å². The average molecular weight is 291 g/mol. The zero-order valence-corrected chi connectivity index (χ0v) is 12.4. The number of pyridine rings is 1. The Balaban J connectivity index is 1.82. The van der Waals surface area contributed by atoms with E-state index in [9.17, 15) is 0 Å². The molecule has 5 heteroatoms. The van der Waals surface area contributed by atoms with E-state index in [0.717, 1.165) is 27.8 Å². The minimum Gasteiger partial charge on any atom is -0.386 e. The van der Waals surface area contributed by atoms with Crippen LogP contribution in [0.4, 0.5) is 11.4 Å². The topological polar surface area (TPSA) is 76.9 Å². The van der Waals surface area contributed by atoms with Crippen molar-refractivity contribution >= 4 is 22.4 Å². The molecule has 3 N–H and O–H groups in total. The maximum atomic E-state index is 7.20. The number of hydrogen-bond acceptors (Lipinski definition) is 4. The van der Waals surface area contributed by atoms with Gasteiger partial charge in [-0.3, -0.25) is 0 Å². The van der Waals surface area contributed by atoms with Gasteiger partial charge >= 0.3 is 0 Å². The normalized spacial score (nSPS) is 14.2. The van der Waals surface area contributed by atoms with Crippen molar-refractivity contribution in [1.82, 2.24) is 9.97 Å². The number of benzene rings is 1. The number of anilines is 1. The Bertz CT molecular complexity index is 861.